The van der Waals surface area contributed by atoms with Crippen molar-refractivity contribution in [3.8, 4) is 11.1 Å². The van der Waals surface area contributed by atoms with E-state index in [0.29, 0.717) is 29.1 Å². The summed E-state index contributed by atoms with van der Waals surface area (Å²) in [6, 6.07) is 15.6. The Bertz CT molecular complexity index is 1400. The molecule has 4 heterocycles. The molecule has 4 aromatic rings. The molecule has 1 aliphatic heterocycles. The lowest BCUT2D eigenvalue weighted by molar-refractivity contribution is 0.117. The number of hydrogen-bond acceptors (Lipinski definition) is 7. The number of fused-ring (bicyclic) bond motifs is 1. The molecule has 7 heteroatoms. The fourth-order valence-corrected chi connectivity index (χ4v) is 5.79. The van der Waals surface area contributed by atoms with Gasteiger partial charge in [-0.3, -0.25) is 9.97 Å². The van der Waals surface area contributed by atoms with E-state index in [1.165, 1.54) is 12.8 Å². The first-order chi connectivity index (χ1) is 18.2. The molecular weight excluding hydrogens is 462 g/mol. The lowest BCUT2D eigenvalue weighted by Gasteiger charge is -2.30. The van der Waals surface area contributed by atoms with Crippen molar-refractivity contribution >= 4 is 11.4 Å². The third-order valence-electron chi connectivity index (χ3n) is 8.25. The van der Waals surface area contributed by atoms with Crippen LogP contribution in [0.3, 0.4) is 0 Å². The molecule has 7 nitrogen and oxygen atoms in total. The summed E-state index contributed by atoms with van der Waals surface area (Å²) in [5.74, 6) is 2.47. The molecule has 0 amide bonds. The van der Waals surface area contributed by atoms with Crippen molar-refractivity contribution in [1.82, 2.24) is 15.1 Å². The van der Waals surface area contributed by atoms with Gasteiger partial charge in [-0.1, -0.05) is 17.3 Å². The molecule has 3 N–H and O–H groups in total. The summed E-state index contributed by atoms with van der Waals surface area (Å²) in [6.45, 7) is 0. The molecule has 3 aliphatic carbocycles. The van der Waals surface area contributed by atoms with Gasteiger partial charge in [0.15, 0.2) is 5.60 Å². The SMILES string of the molecule is OC(c1ccccn1)(c1ccccn1)c1cc(-c2c(C3CC3)noc2C2CC2)cc2c1NC(C1CC1)N2. The van der Waals surface area contributed by atoms with Gasteiger partial charge >= 0.3 is 0 Å². The fraction of sp³-hybridized carbons (Fsp3) is 0.367. The summed E-state index contributed by atoms with van der Waals surface area (Å²) in [7, 11) is 0. The molecule has 1 aromatic carbocycles. The lowest BCUT2D eigenvalue weighted by Crippen LogP contribution is -2.32. The predicted molar refractivity (Wildman–Crippen MR) is 140 cm³/mol. The number of aromatic nitrogens is 3. The normalized spacial score (nSPS) is 20.8. The lowest BCUT2D eigenvalue weighted by atomic mass is 9.82. The van der Waals surface area contributed by atoms with E-state index in [2.05, 4.69) is 37.9 Å². The van der Waals surface area contributed by atoms with Crippen molar-refractivity contribution in [2.24, 2.45) is 5.92 Å². The Morgan fingerprint density at radius 3 is 2.14 bits per heavy atom. The van der Waals surface area contributed by atoms with E-state index >= 15 is 0 Å². The third kappa shape index (κ3) is 3.48. The smallest absolute Gasteiger partial charge is 0.176 e. The minimum atomic E-state index is -1.55. The van der Waals surface area contributed by atoms with Crippen LogP contribution in [0, 0.1) is 5.92 Å². The third-order valence-corrected chi connectivity index (χ3v) is 8.25. The average Bonchev–Trinajstić information content (AvgIpc) is 3.83. The van der Waals surface area contributed by atoms with Gasteiger partial charge in [0.1, 0.15) is 5.76 Å². The number of anilines is 2. The van der Waals surface area contributed by atoms with Crippen LogP contribution in [0.2, 0.25) is 0 Å². The summed E-state index contributed by atoms with van der Waals surface area (Å²) >= 11 is 0. The first-order valence-corrected chi connectivity index (χ1v) is 13.5. The molecule has 0 spiro atoms. The van der Waals surface area contributed by atoms with Gasteiger partial charge in [-0.15, -0.1) is 0 Å². The second-order valence-electron chi connectivity index (χ2n) is 11.0. The van der Waals surface area contributed by atoms with Crippen LogP contribution in [0.5, 0.6) is 0 Å². The maximum Gasteiger partial charge on any atom is 0.176 e. The molecule has 1 atom stereocenters. The van der Waals surface area contributed by atoms with E-state index in [1.54, 1.807) is 12.4 Å². The van der Waals surface area contributed by atoms with E-state index in [4.69, 9.17) is 4.52 Å². The maximum atomic E-state index is 12.7. The molecule has 3 saturated carbocycles. The molecule has 3 aromatic heterocycles. The fourth-order valence-electron chi connectivity index (χ4n) is 5.79. The Morgan fingerprint density at radius 1 is 0.838 bits per heavy atom. The van der Waals surface area contributed by atoms with Gasteiger partial charge in [0, 0.05) is 35.4 Å². The Morgan fingerprint density at radius 2 is 1.54 bits per heavy atom. The standard InChI is InChI=1S/C30H29N5O2/c36-30(23-5-1-3-13-31-23,24-6-2-4-14-32-24)21-15-20(16-22-27(21)34-29(33-22)19-11-12-19)25-26(17-7-8-17)35-37-28(25)18-9-10-18/h1-6,13-19,29,33-34,36H,7-12H2. The van der Waals surface area contributed by atoms with Crippen LogP contribution in [-0.2, 0) is 5.60 Å². The Kier molecular flexibility index (Phi) is 4.56. The highest BCUT2D eigenvalue weighted by atomic mass is 16.5. The Hall–Kier alpha value is -3.71. The minimum absolute atomic E-state index is 0.147. The van der Waals surface area contributed by atoms with Crippen molar-refractivity contribution in [2.45, 2.75) is 62.1 Å². The topological polar surface area (TPSA) is 96.1 Å². The molecular formula is C30H29N5O2. The number of benzene rings is 1. The van der Waals surface area contributed by atoms with Crippen molar-refractivity contribution in [3.63, 3.8) is 0 Å². The minimum Gasteiger partial charge on any atom is -0.373 e. The first kappa shape index (κ1) is 21.4. The molecule has 8 rings (SSSR count). The van der Waals surface area contributed by atoms with Crippen LogP contribution in [-0.4, -0.2) is 26.4 Å². The van der Waals surface area contributed by atoms with Crippen molar-refractivity contribution < 1.29 is 9.63 Å². The number of pyridine rings is 2. The monoisotopic (exact) mass is 491 g/mol. The summed E-state index contributed by atoms with van der Waals surface area (Å²) in [5.41, 5.74) is 5.42. The molecule has 0 radical (unpaired) electrons. The van der Waals surface area contributed by atoms with Crippen molar-refractivity contribution in [1.29, 1.82) is 0 Å². The molecule has 1 unspecified atom stereocenters. The second kappa shape index (κ2) is 7.89. The van der Waals surface area contributed by atoms with Gasteiger partial charge in [0.2, 0.25) is 0 Å². The van der Waals surface area contributed by atoms with Crippen LogP contribution in [0.4, 0.5) is 11.4 Å². The highest BCUT2D eigenvalue weighted by Gasteiger charge is 2.45. The quantitative estimate of drug-likeness (QED) is 0.303. The van der Waals surface area contributed by atoms with E-state index in [-0.39, 0.29) is 6.17 Å². The van der Waals surface area contributed by atoms with Crippen LogP contribution in [0.15, 0.2) is 65.4 Å². The zero-order valence-corrected chi connectivity index (χ0v) is 20.5. The predicted octanol–water partition coefficient (Wildman–Crippen LogP) is 5.74. The highest BCUT2D eigenvalue weighted by Crippen LogP contribution is 2.54. The van der Waals surface area contributed by atoms with Gasteiger partial charge in [0.05, 0.1) is 34.6 Å². The second-order valence-corrected chi connectivity index (χ2v) is 11.0. The van der Waals surface area contributed by atoms with E-state index in [9.17, 15) is 5.11 Å². The van der Waals surface area contributed by atoms with Crippen LogP contribution in [0.25, 0.3) is 11.1 Å². The first-order valence-electron chi connectivity index (χ1n) is 13.5. The van der Waals surface area contributed by atoms with E-state index in [1.807, 2.05) is 36.4 Å². The van der Waals surface area contributed by atoms with Crippen LogP contribution < -0.4 is 10.6 Å². The zero-order chi connectivity index (χ0) is 24.6. The molecule has 3 fully saturated rings. The molecule has 0 bridgehead atoms. The molecule has 0 saturated heterocycles. The summed E-state index contributed by atoms with van der Waals surface area (Å²) < 4.78 is 5.99. The molecule has 186 valence electrons. The van der Waals surface area contributed by atoms with Gasteiger partial charge in [-0.2, -0.15) is 0 Å². The number of nitrogens with zero attached hydrogens (tertiary/aromatic N) is 3. The summed E-state index contributed by atoms with van der Waals surface area (Å²) in [4.78, 5) is 9.26. The van der Waals surface area contributed by atoms with Gasteiger partial charge in [0.25, 0.3) is 0 Å². The number of rotatable bonds is 7. The molecule has 37 heavy (non-hydrogen) atoms. The van der Waals surface area contributed by atoms with Gasteiger partial charge in [-0.25, -0.2) is 0 Å². The van der Waals surface area contributed by atoms with Crippen LogP contribution in [0.1, 0.15) is 78.8 Å². The molecule has 4 aliphatic rings. The number of hydrogen-bond donors (Lipinski definition) is 3. The van der Waals surface area contributed by atoms with Crippen LogP contribution >= 0.6 is 0 Å². The van der Waals surface area contributed by atoms with Crippen molar-refractivity contribution in [2.75, 3.05) is 10.6 Å². The zero-order valence-electron chi connectivity index (χ0n) is 20.5. The van der Waals surface area contributed by atoms with E-state index < -0.39 is 5.60 Å². The van der Waals surface area contributed by atoms with E-state index in [0.717, 1.165) is 65.2 Å². The summed E-state index contributed by atoms with van der Waals surface area (Å²) in [5, 5.41) is 24.7. The average molecular weight is 492 g/mol. The largest absolute Gasteiger partial charge is 0.373 e. The maximum absolute atomic E-state index is 12.7. The summed E-state index contributed by atoms with van der Waals surface area (Å²) in [6.07, 6.45) is 10.6. The van der Waals surface area contributed by atoms with Crippen molar-refractivity contribution in [3.05, 3.63) is 89.3 Å². The Balaban J connectivity index is 1.38. The van der Waals surface area contributed by atoms with Gasteiger partial charge < -0.3 is 20.3 Å². The highest BCUT2D eigenvalue weighted by molar-refractivity contribution is 5.87. The van der Waals surface area contributed by atoms with Gasteiger partial charge in [-0.05, 0) is 86.4 Å². The number of aliphatic hydroxyl groups is 1. The Labute approximate surface area is 215 Å². The number of nitrogens with one attached hydrogen (secondary N) is 2.